The van der Waals surface area contributed by atoms with Gasteiger partial charge in [0.2, 0.25) is 0 Å². The fourth-order valence-corrected chi connectivity index (χ4v) is 3.81. The Bertz CT molecular complexity index is 1320. The molecule has 35 heavy (non-hydrogen) atoms. The number of phenols is 3. The van der Waals surface area contributed by atoms with E-state index in [9.17, 15) is 24.9 Å². The molecule has 3 aromatic carbocycles. The molecule has 4 N–H and O–H groups in total. The van der Waals surface area contributed by atoms with E-state index >= 15 is 0 Å². The summed E-state index contributed by atoms with van der Waals surface area (Å²) in [5, 5.41) is 44.4. The number of carboxylic acid groups (broad SMARTS) is 1. The van der Waals surface area contributed by atoms with E-state index in [0.717, 1.165) is 0 Å². The highest BCUT2D eigenvalue weighted by Gasteiger charge is 2.35. The summed E-state index contributed by atoms with van der Waals surface area (Å²) in [7, 11) is 1.41. The van der Waals surface area contributed by atoms with E-state index in [-0.39, 0.29) is 40.7 Å². The average molecular weight is 478 g/mol. The van der Waals surface area contributed by atoms with Crippen LogP contribution in [0.1, 0.15) is 33.9 Å². The molecular weight excluding hydrogens is 456 g/mol. The van der Waals surface area contributed by atoms with Crippen molar-refractivity contribution in [3.05, 3.63) is 77.4 Å². The van der Waals surface area contributed by atoms with Gasteiger partial charge < -0.3 is 29.9 Å². The molecule has 10 heteroatoms. The summed E-state index contributed by atoms with van der Waals surface area (Å²) in [5.41, 5.74) is 1.59. The maximum Gasteiger partial charge on any atom is 0.341 e. The third kappa shape index (κ3) is 4.96. The van der Waals surface area contributed by atoms with E-state index in [2.05, 4.69) is 5.10 Å². The van der Waals surface area contributed by atoms with Crippen molar-refractivity contribution in [1.82, 2.24) is 5.01 Å². The fraction of sp³-hybridized carbons (Fsp3) is 0.160. The van der Waals surface area contributed by atoms with Crippen molar-refractivity contribution in [1.29, 1.82) is 0 Å². The lowest BCUT2D eigenvalue weighted by atomic mass is 9.97. The number of aromatic hydroxyl groups is 3. The van der Waals surface area contributed by atoms with Gasteiger partial charge in [-0.05, 0) is 48.0 Å². The third-order valence-electron chi connectivity index (χ3n) is 5.43. The van der Waals surface area contributed by atoms with Crippen LogP contribution in [-0.2, 0) is 4.79 Å². The lowest BCUT2D eigenvalue weighted by molar-refractivity contribution is -0.139. The molecule has 0 saturated carbocycles. The number of hydrazone groups is 1. The molecule has 1 amide bonds. The first-order valence-corrected chi connectivity index (χ1v) is 10.5. The van der Waals surface area contributed by atoms with Crippen LogP contribution in [0.3, 0.4) is 0 Å². The summed E-state index contributed by atoms with van der Waals surface area (Å²) in [6.45, 7) is -0.547. The Hall–Kier alpha value is -4.73. The van der Waals surface area contributed by atoms with Crippen LogP contribution in [0.25, 0.3) is 0 Å². The van der Waals surface area contributed by atoms with Crippen molar-refractivity contribution in [2.24, 2.45) is 5.10 Å². The van der Waals surface area contributed by atoms with Gasteiger partial charge in [-0.2, -0.15) is 5.10 Å². The van der Waals surface area contributed by atoms with Crippen molar-refractivity contribution in [2.75, 3.05) is 13.7 Å². The average Bonchev–Trinajstić information content (AvgIpc) is 3.27. The Balaban J connectivity index is 1.74. The van der Waals surface area contributed by atoms with Crippen molar-refractivity contribution >= 4 is 17.6 Å². The lowest BCUT2D eigenvalue weighted by Gasteiger charge is -2.23. The van der Waals surface area contributed by atoms with Crippen LogP contribution < -0.4 is 9.47 Å². The molecule has 1 aliphatic heterocycles. The largest absolute Gasteiger partial charge is 0.508 e. The number of rotatable bonds is 7. The van der Waals surface area contributed by atoms with Crippen LogP contribution in [0.2, 0.25) is 0 Å². The predicted octanol–water partition coefficient (Wildman–Crippen LogP) is 3.27. The van der Waals surface area contributed by atoms with Gasteiger partial charge in [0.15, 0.2) is 18.1 Å². The van der Waals surface area contributed by atoms with E-state index < -0.39 is 24.5 Å². The molecule has 0 saturated heterocycles. The van der Waals surface area contributed by atoms with Crippen molar-refractivity contribution in [3.8, 4) is 28.7 Å². The van der Waals surface area contributed by atoms with Gasteiger partial charge in [0, 0.05) is 23.6 Å². The van der Waals surface area contributed by atoms with Crippen molar-refractivity contribution < 1.29 is 39.5 Å². The van der Waals surface area contributed by atoms with E-state index in [1.807, 2.05) is 0 Å². The highest BCUT2D eigenvalue weighted by atomic mass is 16.5. The van der Waals surface area contributed by atoms with Gasteiger partial charge in [0.25, 0.3) is 5.91 Å². The number of carbonyl (C=O) groups is 2. The lowest BCUT2D eigenvalue weighted by Crippen LogP contribution is -2.27. The van der Waals surface area contributed by atoms with Gasteiger partial charge in [-0.1, -0.05) is 12.1 Å². The summed E-state index contributed by atoms with van der Waals surface area (Å²) in [6.07, 6.45) is 0.224. The normalized spacial score (nSPS) is 14.9. The molecule has 0 radical (unpaired) electrons. The van der Waals surface area contributed by atoms with E-state index in [0.29, 0.717) is 16.8 Å². The molecule has 0 aliphatic carbocycles. The number of phenolic OH excluding ortho intramolecular Hbond substituents is 3. The Morgan fingerprint density at radius 2 is 1.77 bits per heavy atom. The monoisotopic (exact) mass is 478 g/mol. The molecule has 180 valence electrons. The van der Waals surface area contributed by atoms with Crippen LogP contribution in [0.5, 0.6) is 28.7 Å². The molecule has 0 spiro atoms. The quantitative estimate of drug-likeness (QED) is 0.404. The summed E-state index contributed by atoms with van der Waals surface area (Å²) >= 11 is 0. The Labute approximate surface area is 199 Å². The molecule has 1 heterocycles. The van der Waals surface area contributed by atoms with E-state index in [4.69, 9.17) is 14.6 Å². The first kappa shape index (κ1) is 23.4. The molecule has 0 fully saturated rings. The van der Waals surface area contributed by atoms with E-state index in [1.54, 1.807) is 30.3 Å². The number of amides is 1. The van der Waals surface area contributed by atoms with Gasteiger partial charge in [0.05, 0.1) is 18.9 Å². The molecule has 0 aromatic heterocycles. The number of methoxy groups -OCH3 is 1. The number of carbonyl (C=O) groups excluding carboxylic acids is 1. The summed E-state index contributed by atoms with van der Waals surface area (Å²) in [4.78, 5) is 24.2. The predicted molar refractivity (Wildman–Crippen MR) is 124 cm³/mol. The summed E-state index contributed by atoms with van der Waals surface area (Å²) in [6, 6.07) is 14.2. The maximum atomic E-state index is 13.4. The van der Waals surface area contributed by atoms with Gasteiger partial charge in [-0.25, -0.2) is 9.80 Å². The number of aliphatic carboxylic acids is 1. The zero-order chi connectivity index (χ0) is 25.1. The first-order chi connectivity index (χ1) is 16.8. The molecule has 1 aliphatic rings. The second kappa shape index (κ2) is 9.64. The highest BCUT2D eigenvalue weighted by Crippen LogP contribution is 2.39. The topological polar surface area (TPSA) is 149 Å². The van der Waals surface area contributed by atoms with Crippen LogP contribution in [0, 0.1) is 0 Å². The number of hydrogen-bond acceptors (Lipinski definition) is 8. The third-order valence-corrected chi connectivity index (χ3v) is 5.43. The highest BCUT2D eigenvalue weighted by molar-refractivity contribution is 6.06. The van der Waals surface area contributed by atoms with Crippen molar-refractivity contribution in [2.45, 2.75) is 12.5 Å². The molecular formula is C25H22N2O8. The zero-order valence-corrected chi connectivity index (χ0v) is 18.6. The minimum atomic E-state index is -1.14. The minimum Gasteiger partial charge on any atom is -0.508 e. The zero-order valence-electron chi connectivity index (χ0n) is 18.6. The van der Waals surface area contributed by atoms with Gasteiger partial charge in [-0.3, -0.25) is 4.79 Å². The molecule has 4 rings (SSSR count). The SMILES string of the molecule is COc1cc(C2CC(c3ccc(O)cc3O)=NN2C(=O)c2cccc(O)c2)ccc1OCC(=O)O. The Morgan fingerprint density at radius 1 is 1.00 bits per heavy atom. The number of carboxylic acids is 1. The minimum absolute atomic E-state index is 0.0754. The molecule has 1 atom stereocenters. The van der Waals surface area contributed by atoms with Crippen LogP contribution in [0.15, 0.2) is 65.8 Å². The van der Waals surface area contributed by atoms with E-state index in [1.165, 1.54) is 42.5 Å². The summed E-state index contributed by atoms with van der Waals surface area (Å²) < 4.78 is 10.6. The first-order valence-electron chi connectivity index (χ1n) is 10.5. The Morgan fingerprint density at radius 3 is 2.46 bits per heavy atom. The Kier molecular flexibility index (Phi) is 6.45. The van der Waals surface area contributed by atoms with Crippen LogP contribution >= 0.6 is 0 Å². The van der Waals surface area contributed by atoms with Gasteiger partial charge >= 0.3 is 5.97 Å². The number of benzene rings is 3. The standard InChI is InChI=1S/C25H22N2O8/c1-34-23-10-14(5-8-22(23)35-13-24(31)32)20-12-19(18-7-6-17(29)11-21(18)30)26-27(20)25(33)15-3-2-4-16(28)9-15/h2-11,20,28-30H,12-13H2,1H3,(H,31,32). The second-order valence-electron chi connectivity index (χ2n) is 7.76. The summed E-state index contributed by atoms with van der Waals surface area (Å²) in [5.74, 6) is -1.51. The smallest absolute Gasteiger partial charge is 0.341 e. The molecule has 0 bridgehead atoms. The maximum absolute atomic E-state index is 13.4. The number of ether oxygens (including phenoxy) is 2. The number of nitrogens with zero attached hydrogens (tertiary/aromatic N) is 2. The fourth-order valence-electron chi connectivity index (χ4n) is 3.81. The molecule has 1 unspecified atom stereocenters. The number of hydrogen-bond donors (Lipinski definition) is 4. The second-order valence-corrected chi connectivity index (χ2v) is 7.76. The molecule has 10 nitrogen and oxygen atoms in total. The van der Waals surface area contributed by atoms with Crippen LogP contribution in [-0.4, -0.2) is 56.7 Å². The van der Waals surface area contributed by atoms with Gasteiger partial charge in [-0.15, -0.1) is 0 Å². The van der Waals surface area contributed by atoms with Crippen molar-refractivity contribution in [3.63, 3.8) is 0 Å². The molecule has 3 aromatic rings. The van der Waals surface area contributed by atoms with Gasteiger partial charge in [0.1, 0.15) is 17.2 Å². The van der Waals surface area contributed by atoms with Crippen LogP contribution in [0.4, 0.5) is 0 Å².